The van der Waals surface area contributed by atoms with E-state index in [1.54, 1.807) is 0 Å². The molecule has 0 aliphatic heterocycles. The first-order valence-corrected chi connectivity index (χ1v) is 6.19. The molecular formula is C14H21NO. The van der Waals surface area contributed by atoms with Gasteiger partial charge in [0.2, 0.25) is 0 Å². The fraction of sp³-hybridized carbons (Fsp3) is 0.571. The van der Waals surface area contributed by atoms with Crippen molar-refractivity contribution in [3.63, 3.8) is 0 Å². The van der Waals surface area contributed by atoms with Crippen molar-refractivity contribution in [2.24, 2.45) is 0 Å². The van der Waals surface area contributed by atoms with Crippen LogP contribution in [0.5, 0.6) is 0 Å². The summed E-state index contributed by atoms with van der Waals surface area (Å²) >= 11 is 0. The number of nitrogens with zero attached hydrogens (tertiary/aromatic N) is 1. The molecule has 16 heavy (non-hydrogen) atoms. The molecule has 2 heteroatoms. The highest BCUT2D eigenvalue weighted by Crippen LogP contribution is 2.32. The zero-order valence-corrected chi connectivity index (χ0v) is 10.1. The van der Waals surface area contributed by atoms with E-state index in [9.17, 15) is 5.11 Å². The Bertz CT molecular complexity index is 321. The lowest BCUT2D eigenvalue weighted by atomic mass is 9.99. The highest BCUT2D eigenvalue weighted by atomic mass is 16.3. The Kier molecular flexibility index (Phi) is 3.62. The molecule has 2 rings (SSSR count). The van der Waals surface area contributed by atoms with Crippen molar-refractivity contribution < 1.29 is 5.11 Å². The predicted molar refractivity (Wildman–Crippen MR) is 66.3 cm³/mol. The molecule has 1 fully saturated rings. The van der Waals surface area contributed by atoms with Crippen LogP contribution in [0.1, 0.15) is 37.9 Å². The summed E-state index contributed by atoms with van der Waals surface area (Å²) in [5, 5.41) is 10.4. The standard InChI is InChI=1S/C14H21NO/c1-3-13(15(2)12-9-10-12)14(16)11-7-5-4-6-8-11/h4-8,12-14,16H,3,9-10H2,1-2H3. The first-order chi connectivity index (χ1) is 7.74. The molecule has 0 saturated heterocycles. The van der Waals surface area contributed by atoms with Crippen LogP contribution in [0.4, 0.5) is 0 Å². The maximum absolute atomic E-state index is 10.4. The van der Waals surface area contributed by atoms with Crippen molar-refractivity contribution in [3.05, 3.63) is 35.9 Å². The molecule has 0 amide bonds. The molecule has 1 aromatic rings. The van der Waals surface area contributed by atoms with E-state index in [4.69, 9.17) is 0 Å². The van der Waals surface area contributed by atoms with E-state index >= 15 is 0 Å². The zero-order valence-electron chi connectivity index (χ0n) is 10.1. The van der Waals surface area contributed by atoms with Gasteiger partial charge >= 0.3 is 0 Å². The van der Waals surface area contributed by atoms with E-state index in [0.717, 1.165) is 12.0 Å². The molecule has 1 aliphatic carbocycles. The molecule has 1 aliphatic rings. The van der Waals surface area contributed by atoms with Gasteiger partial charge < -0.3 is 5.11 Å². The Labute approximate surface area is 97.9 Å². The van der Waals surface area contributed by atoms with E-state index in [0.29, 0.717) is 6.04 Å². The van der Waals surface area contributed by atoms with Crippen molar-refractivity contribution in [3.8, 4) is 0 Å². The van der Waals surface area contributed by atoms with Gasteiger partial charge in [0.25, 0.3) is 0 Å². The molecule has 0 heterocycles. The smallest absolute Gasteiger partial charge is 0.0945 e. The average molecular weight is 219 g/mol. The van der Waals surface area contributed by atoms with E-state index < -0.39 is 0 Å². The van der Waals surface area contributed by atoms with Gasteiger partial charge in [0, 0.05) is 12.1 Å². The number of aliphatic hydroxyl groups is 1. The second kappa shape index (κ2) is 4.98. The lowest BCUT2D eigenvalue weighted by molar-refractivity contribution is 0.0560. The highest BCUT2D eigenvalue weighted by molar-refractivity contribution is 5.19. The number of likely N-dealkylation sites (N-methyl/N-ethyl adjacent to an activating group) is 1. The Morgan fingerprint density at radius 2 is 1.94 bits per heavy atom. The van der Waals surface area contributed by atoms with Gasteiger partial charge in [-0.3, -0.25) is 4.90 Å². The Hall–Kier alpha value is -0.860. The van der Waals surface area contributed by atoms with Gasteiger partial charge in [0.1, 0.15) is 0 Å². The minimum atomic E-state index is -0.364. The van der Waals surface area contributed by atoms with Crippen molar-refractivity contribution in [1.29, 1.82) is 0 Å². The largest absolute Gasteiger partial charge is 0.387 e. The van der Waals surface area contributed by atoms with Crippen LogP contribution in [-0.2, 0) is 0 Å². The van der Waals surface area contributed by atoms with Crippen molar-refractivity contribution >= 4 is 0 Å². The number of benzene rings is 1. The lowest BCUT2D eigenvalue weighted by Gasteiger charge is -2.31. The number of aliphatic hydroxyl groups excluding tert-OH is 1. The van der Waals surface area contributed by atoms with Crippen LogP contribution in [0.3, 0.4) is 0 Å². The van der Waals surface area contributed by atoms with E-state index in [2.05, 4.69) is 18.9 Å². The molecule has 0 aromatic heterocycles. The molecule has 88 valence electrons. The predicted octanol–water partition coefficient (Wildman–Crippen LogP) is 2.59. The minimum Gasteiger partial charge on any atom is -0.387 e. The molecule has 1 saturated carbocycles. The normalized spacial score (nSPS) is 19.8. The topological polar surface area (TPSA) is 23.5 Å². The van der Waals surface area contributed by atoms with Crippen LogP contribution in [0.25, 0.3) is 0 Å². The first kappa shape index (κ1) is 11.6. The summed E-state index contributed by atoms with van der Waals surface area (Å²) in [4.78, 5) is 2.34. The molecule has 2 nitrogen and oxygen atoms in total. The molecule has 1 N–H and O–H groups in total. The quantitative estimate of drug-likeness (QED) is 0.823. The Morgan fingerprint density at radius 1 is 1.31 bits per heavy atom. The maximum atomic E-state index is 10.4. The number of hydrogen-bond donors (Lipinski definition) is 1. The fourth-order valence-corrected chi connectivity index (χ4v) is 2.36. The SMILES string of the molecule is CCC(C(O)c1ccccc1)N(C)C1CC1. The summed E-state index contributed by atoms with van der Waals surface area (Å²) in [5.41, 5.74) is 1.03. The van der Waals surface area contributed by atoms with Crippen LogP contribution < -0.4 is 0 Å². The molecule has 1 aromatic carbocycles. The van der Waals surface area contributed by atoms with Gasteiger partial charge in [-0.15, -0.1) is 0 Å². The van der Waals surface area contributed by atoms with Gasteiger partial charge in [0.15, 0.2) is 0 Å². The van der Waals surface area contributed by atoms with Gasteiger partial charge in [-0.05, 0) is 31.9 Å². The van der Waals surface area contributed by atoms with E-state index in [-0.39, 0.29) is 12.1 Å². The number of rotatable bonds is 5. The second-order valence-corrected chi connectivity index (χ2v) is 4.73. The third-order valence-electron chi connectivity index (χ3n) is 3.57. The molecule has 2 unspecified atom stereocenters. The third kappa shape index (κ3) is 2.45. The Balaban J connectivity index is 2.08. The highest BCUT2D eigenvalue weighted by Gasteiger charge is 2.33. The third-order valence-corrected chi connectivity index (χ3v) is 3.57. The summed E-state index contributed by atoms with van der Waals surface area (Å²) < 4.78 is 0. The summed E-state index contributed by atoms with van der Waals surface area (Å²) in [6.45, 7) is 2.15. The molecule has 0 radical (unpaired) electrons. The van der Waals surface area contributed by atoms with Crippen molar-refractivity contribution in [1.82, 2.24) is 4.90 Å². The van der Waals surface area contributed by atoms with Gasteiger partial charge in [0.05, 0.1) is 6.10 Å². The first-order valence-electron chi connectivity index (χ1n) is 6.19. The molecule has 2 atom stereocenters. The van der Waals surface area contributed by atoms with Crippen molar-refractivity contribution in [2.75, 3.05) is 7.05 Å². The number of hydrogen-bond acceptors (Lipinski definition) is 2. The summed E-state index contributed by atoms with van der Waals surface area (Å²) in [7, 11) is 2.14. The van der Waals surface area contributed by atoms with Crippen LogP contribution >= 0.6 is 0 Å². The summed E-state index contributed by atoms with van der Waals surface area (Å²) in [6.07, 6.45) is 3.20. The van der Waals surface area contributed by atoms with E-state index in [1.165, 1.54) is 12.8 Å². The maximum Gasteiger partial charge on any atom is 0.0945 e. The van der Waals surface area contributed by atoms with Gasteiger partial charge in [-0.25, -0.2) is 0 Å². The molecular weight excluding hydrogens is 198 g/mol. The monoisotopic (exact) mass is 219 g/mol. The van der Waals surface area contributed by atoms with Crippen LogP contribution in [0, 0.1) is 0 Å². The molecule has 0 spiro atoms. The van der Waals surface area contributed by atoms with Crippen LogP contribution in [0.2, 0.25) is 0 Å². The lowest BCUT2D eigenvalue weighted by Crippen LogP contribution is -2.37. The zero-order chi connectivity index (χ0) is 11.5. The van der Waals surface area contributed by atoms with Gasteiger partial charge in [-0.1, -0.05) is 37.3 Å². The van der Waals surface area contributed by atoms with Crippen molar-refractivity contribution in [2.45, 2.75) is 44.4 Å². The fourth-order valence-electron chi connectivity index (χ4n) is 2.36. The Morgan fingerprint density at radius 3 is 2.44 bits per heavy atom. The minimum absolute atomic E-state index is 0.245. The van der Waals surface area contributed by atoms with Crippen LogP contribution in [-0.4, -0.2) is 29.1 Å². The van der Waals surface area contributed by atoms with E-state index in [1.807, 2.05) is 30.3 Å². The van der Waals surface area contributed by atoms with Gasteiger partial charge in [-0.2, -0.15) is 0 Å². The second-order valence-electron chi connectivity index (χ2n) is 4.73. The summed E-state index contributed by atoms with van der Waals surface area (Å²) in [5.74, 6) is 0. The summed E-state index contributed by atoms with van der Waals surface area (Å²) in [6, 6.07) is 10.9. The van der Waals surface area contributed by atoms with Crippen LogP contribution in [0.15, 0.2) is 30.3 Å². The average Bonchev–Trinajstić information content (AvgIpc) is 3.14. The molecule has 0 bridgehead atoms.